The third-order valence-electron chi connectivity index (χ3n) is 6.85. The molecular formula is C27H34N+. The van der Waals surface area contributed by atoms with Crippen molar-refractivity contribution >= 4 is 10.8 Å². The zero-order valence-corrected chi connectivity index (χ0v) is 18.2. The molecular weight excluding hydrogens is 338 g/mol. The Morgan fingerprint density at radius 3 is 2.39 bits per heavy atom. The molecule has 0 amide bonds. The number of aromatic nitrogens is 1. The SMILES string of the molecule is Cc1cc(C2CCCCC2)cc(-c2c3ccc(C(C)C)cc3cc[n+]2C)c1C. The second-order valence-corrected chi connectivity index (χ2v) is 9.12. The minimum atomic E-state index is 0.556. The minimum Gasteiger partial charge on any atom is -0.200 e. The highest BCUT2D eigenvalue weighted by molar-refractivity contribution is 5.94. The second kappa shape index (κ2) is 7.70. The van der Waals surface area contributed by atoms with Gasteiger partial charge in [0, 0.05) is 6.07 Å². The maximum absolute atomic E-state index is 2.50. The molecule has 3 aromatic rings. The molecule has 1 aliphatic carbocycles. The van der Waals surface area contributed by atoms with Crippen LogP contribution in [0.1, 0.15) is 80.0 Å². The molecule has 0 N–H and O–H groups in total. The normalized spacial score (nSPS) is 15.5. The number of benzene rings is 2. The van der Waals surface area contributed by atoms with E-state index in [1.165, 1.54) is 70.8 Å². The van der Waals surface area contributed by atoms with Crippen LogP contribution < -0.4 is 4.57 Å². The largest absolute Gasteiger partial charge is 0.220 e. The van der Waals surface area contributed by atoms with Crippen molar-refractivity contribution in [1.29, 1.82) is 0 Å². The van der Waals surface area contributed by atoms with Crippen molar-refractivity contribution in [2.75, 3.05) is 0 Å². The van der Waals surface area contributed by atoms with Crippen LogP contribution in [0, 0.1) is 13.8 Å². The summed E-state index contributed by atoms with van der Waals surface area (Å²) in [5.41, 5.74) is 8.56. The number of rotatable bonds is 3. The zero-order chi connectivity index (χ0) is 19.8. The van der Waals surface area contributed by atoms with E-state index in [1.54, 1.807) is 5.56 Å². The summed E-state index contributed by atoms with van der Waals surface area (Å²) in [5.74, 6) is 1.29. The average molecular weight is 373 g/mol. The van der Waals surface area contributed by atoms with E-state index in [2.05, 4.69) is 81.9 Å². The monoisotopic (exact) mass is 372 g/mol. The van der Waals surface area contributed by atoms with E-state index in [9.17, 15) is 0 Å². The Balaban J connectivity index is 1.91. The fourth-order valence-electron chi connectivity index (χ4n) is 4.89. The third kappa shape index (κ3) is 3.48. The predicted molar refractivity (Wildman–Crippen MR) is 120 cm³/mol. The Morgan fingerprint density at radius 1 is 0.929 bits per heavy atom. The molecule has 0 aliphatic heterocycles. The first-order valence-corrected chi connectivity index (χ1v) is 11.0. The van der Waals surface area contributed by atoms with Gasteiger partial charge in [-0.2, -0.15) is 0 Å². The molecule has 1 aromatic heterocycles. The molecule has 2 aromatic carbocycles. The van der Waals surface area contributed by atoms with E-state index in [4.69, 9.17) is 0 Å². The van der Waals surface area contributed by atoms with Crippen molar-refractivity contribution in [1.82, 2.24) is 0 Å². The van der Waals surface area contributed by atoms with Crippen molar-refractivity contribution in [3.63, 3.8) is 0 Å². The lowest BCUT2D eigenvalue weighted by atomic mass is 9.81. The van der Waals surface area contributed by atoms with Crippen molar-refractivity contribution < 1.29 is 4.57 Å². The number of aryl methyl sites for hydroxylation is 2. The van der Waals surface area contributed by atoms with Gasteiger partial charge in [-0.1, -0.05) is 51.3 Å². The van der Waals surface area contributed by atoms with Gasteiger partial charge in [0.25, 0.3) is 0 Å². The van der Waals surface area contributed by atoms with Crippen LogP contribution in [0.2, 0.25) is 0 Å². The summed E-state index contributed by atoms with van der Waals surface area (Å²) in [6.45, 7) is 9.11. The van der Waals surface area contributed by atoms with E-state index >= 15 is 0 Å². The van der Waals surface area contributed by atoms with Crippen LogP contribution in [-0.2, 0) is 7.05 Å². The van der Waals surface area contributed by atoms with Gasteiger partial charge in [-0.15, -0.1) is 0 Å². The van der Waals surface area contributed by atoms with Crippen LogP contribution >= 0.6 is 0 Å². The highest BCUT2D eigenvalue weighted by Gasteiger charge is 2.22. The van der Waals surface area contributed by atoms with Crippen molar-refractivity contribution in [3.8, 4) is 11.3 Å². The Labute approximate surface area is 170 Å². The van der Waals surface area contributed by atoms with E-state index < -0.39 is 0 Å². The van der Waals surface area contributed by atoms with E-state index in [-0.39, 0.29) is 0 Å². The van der Waals surface area contributed by atoms with Crippen LogP contribution in [0.25, 0.3) is 22.0 Å². The lowest BCUT2D eigenvalue weighted by molar-refractivity contribution is -0.659. The molecule has 0 atom stereocenters. The summed E-state index contributed by atoms with van der Waals surface area (Å²) < 4.78 is 2.31. The number of pyridine rings is 1. The highest BCUT2D eigenvalue weighted by atomic mass is 14.9. The van der Waals surface area contributed by atoms with Gasteiger partial charge in [0.15, 0.2) is 6.20 Å². The molecule has 1 nitrogen and oxygen atoms in total. The topological polar surface area (TPSA) is 3.88 Å². The highest BCUT2D eigenvalue weighted by Crippen LogP contribution is 2.37. The van der Waals surface area contributed by atoms with Gasteiger partial charge >= 0.3 is 0 Å². The van der Waals surface area contributed by atoms with Crippen molar-refractivity contribution in [2.24, 2.45) is 7.05 Å². The van der Waals surface area contributed by atoms with Gasteiger partial charge in [0.05, 0.1) is 10.9 Å². The summed E-state index contributed by atoms with van der Waals surface area (Å²) in [5, 5.41) is 2.71. The molecule has 0 saturated heterocycles. The number of fused-ring (bicyclic) bond motifs is 1. The van der Waals surface area contributed by atoms with Gasteiger partial charge in [0.1, 0.15) is 7.05 Å². The maximum atomic E-state index is 2.50. The fraction of sp³-hybridized carbons (Fsp3) is 0.444. The fourth-order valence-corrected chi connectivity index (χ4v) is 4.89. The molecule has 1 aliphatic rings. The van der Waals surface area contributed by atoms with Crippen LogP contribution in [0.4, 0.5) is 0 Å². The average Bonchev–Trinajstić information content (AvgIpc) is 2.70. The molecule has 1 heterocycles. The molecule has 0 spiro atoms. The van der Waals surface area contributed by atoms with Gasteiger partial charge in [0.2, 0.25) is 5.69 Å². The molecule has 0 bridgehead atoms. The maximum Gasteiger partial charge on any atom is 0.220 e. The standard InChI is InChI=1S/C27H34N/c1-18(2)22-11-12-25-23(16-22)13-14-28(5)27(25)26-17-24(15-19(3)20(26)4)21-9-7-6-8-10-21/h11-18,21H,6-10H2,1-5H3/q+1. The van der Waals surface area contributed by atoms with Crippen LogP contribution in [-0.4, -0.2) is 0 Å². The molecule has 1 saturated carbocycles. The predicted octanol–water partition coefficient (Wildman–Crippen LogP) is 7.12. The molecule has 146 valence electrons. The van der Waals surface area contributed by atoms with Gasteiger partial charge in [-0.05, 0) is 78.3 Å². The van der Waals surface area contributed by atoms with E-state index in [1.807, 2.05) is 0 Å². The molecule has 0 unspecified atom stereocenters. The third-order valence-corrected chi connectivity index (χ3v) is 6.85. The summed E-state index contributed by atoms with van der Waals surface area (Å²) in [6, 6.07) is 14.2. The Morgan fingerprint density at radius 2 is 1.68 bits per heavy atom. The van der Waals surface area contributed by atoms with Gasteiger partial charge < -0.3 is 0 Å². The number of hydrogen-bond donors (Lipinski definition) is 0. The lowest BCUT2D eigenvalue weighted by Crippen LogP contribution is -2.31. The second-order valence-electron chi connectivity index (χ2n) is 9.12. The van der Waals surface area contributed by atoms with Gasteiger partial charge in [-0.25, -0.2) is 4.57 Å². The summed E-state index contributed by atoms with van der Waals surface area (Å²) in [6.07, 6.45) is 9.09. The molecule has 1 fully saturated rings. The number of hydrogen-bond acceptors (Lipinski definition) is 0. The summed E-state index contributed by atoms with van der Waals surface area (Å²) >= 11 is 0. The quantitative estimate of drug-likeness (QED) is 0.431. The Hall–Kier alpha value is -2.15. The van der Waals surface area contributed by atoms with Crippen LogP contribution in [0.5, 0.6) is 0 Å². The van der Waals surface area contributed by atoms with E-state index in [0.717, 1.165) is 5.92 Å². The zero-order valence-electron chi connectivity index (χ0n) is 18.2. The minimum absolute atomic E-state index is 0.556. The molecule has 28 heavy (non-hydrogen) atoms. The Bertz CT molecular complexity index is 1010. The number of nitrogens with zero attached hydrogens (tertiary/aromatic N) is 1. The van der Waals surface area contributed by atoms with E-state index in [0.29, 0.717) is 5.92 Å². The first-order chi connectivity index (χ1) is 13.5. The molecule has 4 rings (SSSR count). The van der Waals surface area contributed by atoms with Crippen LogP contribution in [0.15, 0.2) is 42.6 Å². The van der Waals surface area contributed by atoms with Crippen molar-refractivity contribution in [3.05, 3.63) is 64.8 Å². The summed E-state index contributed by atoms with van der Waals surface area (Å²) in [7, 11) is 2.19. The Kier molecular flexibility index (Phi) is 5.27. The van der Waals surface area contributed by atoms with Gasteiger partial charge in [-0.3, -0.25) is 0 Å². The summed E-state index contributed by atoms with van der Waals surface area (Å²) in [4.78, 5) is 0. The van der Waals surface area contributed by atoms with Crippen molar-refractivity contribution in [2.45, 2.75) is 71.6 Å². The smallest absolute Gasteiger partial charge is 0.200 e. The first kappa shape index (κ1) is 19.2. The molecule has 0 radical (unpaired) electrons. The molecule has 1 heteroatoms. The van der Waals surface area contributed by atoms with Crippen LogP contribution in [0.3, 0.4) is 0 Å². The lowest BCUT2D eigenvalue weighted by Gasteiger charge is -2.23. The first-order valence-electron chi connectivity index (χ1n) is 11.0.